The van der Waals surface area contributed by atoms with Gasteiger partial charge in [0.05, 0.1) is 19.0 Å². The van der Waals surface area contributed by atoms with Crippen molar-refractivity contribution in [2.24, 2.45) is 5.92 Å². The Kier molecular flexibility index (Phi) is 18.7. The molecule has 4 N–H and O–H groups in total. The van der Waals surface area contributed by atoms with Gasteiger partial charge in [-0.15, -0.1) is 11.8 Å². The molecular formula is C32H44ClN3O6SY. The fourth-order valence-corrected chi connectivity index (χ4v) is 5.80. The van der Waals surface area contributed by atoms with Gasteiger partial charge in [-0.1, -0.05) is 73.3 Å². The number of ether oxygens (including phenoxy) is 1. The second-order valence-electron chi connectivity index (χ2n) is 10.9. The zero-order chi connectivity index (χ0) is 31.0. The van der Waals surface area contributed by atoms with Gasteiger partial charge in [0.15, 0.2) is 0 Å². The van der Waals surface area contributed by atoms with Crippen molar-refractivity contribution >= 4 is 41.1 Å². The van der Waals surface area contributed by atoms with Crippen LogP contribution in [0.2, 0.25) is 5.02 Å². The summed E-state index contributed by atoms with van der Waals surface area (Å²) in [7, 11) is 1.30. The van der Waals surface area contributed by atoms with Crippen molar-refractivity contribution in [3.8, 4) is 0 Å². The number of hydroxylamine groups is 1. The Balaban J connectivity index is 0.000000305. The van der Waals surface area contributed by atoms with Gasteiger partial charge in [0.1, 0.15) is 6.04 Å². The van der Waals surface area contributed by atoms with Crippen LogP contribution in [0.15, 0.2) is 54.6 Å². The first-order chi connectivity index (χ1) is 20.8. The summed E-state index contributed by atoms with van der Waals surface area (Å²) in [6.07, 6.45) is 8.02. The molecule has 0 aromatic heterocycles. The van der Waals surface area contributed by atoms with Gasteiger partial charge in [-0.3, -0.25) is 9.59 Å². The van der Waals surface area contributed by atoms with Gasteiger partial charge in [0.2, 0.25) is 11.8 Å². The zero-order valence-electron chi connectivity index (χ0n) is 25.3. The minimum atomic E-state index is -0.753. The Morgan fingerprint density at radius 2 is 1.75 bits per heavy atom. The van der Waals surface area contributed by atoms with E-state index in [1.807, 2.05) is 35.2 Å². The molecule has 2 aromatic rings. The number of rotatable bonds is 10. The Morgan fingerprint density at radius 1 is 1.07 bits per heavy atom. The largest absolute Gasteiger partial charge is 0.467 e. The minimum absolute atomic E-state index is 0. The maximum atomic E-state index is 12.7. The molecule has 9 nitrogen and oxygen atoms in total. The van der Waals surface area contributed by atoms with Crippen LogP contribution in [0.25, 0.3) is 0 Å². The summed E-state index contributed by atoms with van der Waals surface area (Å²) >= 11 is 7.16. The van der Waals surface area contributed by atoms with Gasteiger partial charge in [0, 0.05) is 68.5 Å². The number of carbonyl (C=O) groups is 3. The number of halogens is 1. The van der Waals surface area contributed by atoms with Crippen LogP contribution in [-0.2, 0) is 64.9 Å². The molecule has 1 saturated carbocycles. The molecule has 2 aromatic carbocycles. The number of likely N-dealkylation sites (tertiary alicyclic amines) is 1. The number of carbonyl (C=O) groups excluding carboxylic acids is 3. The van der Waals surface area contributed by atoms with Crippen molar-refractivity contribution < 1.29 is 62.1 Å². The number of esters is 1. The Bertz CT molecular complexity index is 1150. The molecular weight excluding hydrogens is 679 g/mol. The van der Waals surface area contributed by atoms with E-state index in [0.29, 0.717) is 37.0 Å². The molecule has 3 fully saturated rings. The van der Waals surface area contributed by atoms with Crippen LogP contribution in [0.1, 0.15) is 56.1 Å². The Hall–Kier alpha value is -1.53. The first kappa shape index (κ1) is 38.7. The van der Waals surface area contributed by atoms with Crippen LogP contribution in [0.4, 0.5) is 0 Å². The van der Waals surface area contributed by atoms with Crippen LogP contribution in [0.5, 0.6) is 0 Å². The molecule has 239 valence electrons. The predicted molar refractivity (Wildman–Crippen MR) is 169 cm³/mol. The smallest absolute Gasteiger partial charge is 0.328 e. The molecule has 2 heterocycles. The number of benzene rings is 2. The third kappa shape index (κ3) is 13.9. The molecule has 2 aliphatic heterocycles. The number of aliphatic hydroxyl groups is 1. The average molecular weight is 723 g/mol. The quantitative estimate of drug-likeness (QED) is 0.162. The summed E-state index contributed by atoms with van der Waals surface area (Å²) in [6.45, 7) is 1.42. The van der Waals surface area contributed by atoms with Crippen molar-refractivity contribution in [1.29, 1.82) is 0 Å². The molecule has 0 spiro atoms. The summed E-state index contributed by atoms with van der Waals surface area (Å²) in [5.41, 5.74) is 4.35. The molecule has 0 bridgehead atoms. The van der Waals surface area contributed by atoms with Crippen LogP contribution < -0.4 is 10.8 Å². The van der Waals surface area contributed by atoms with Crippen molar-refractivity contribution in [2.75, 3.05) is 26.0 Å². The van der Waals surface area contributed by atoms with E-state index < -0.39 is 12.0 Å². The van der Waals surface area contributed by atoms with E-state index in [9.17, 15) is 14.4 Å². The zero-order valence-corrected chi connectivity index (χ0v) is 29.7. The van der Waals surface area contributed by atoms with E-state index in [-0.39, 0.29) is 62.3 Å². The number of amides is 2. The van der Waals surface area contributed by atoms with Gasteiger partial charge >= 0.3 is 5.97 Å². The third-order valence-electron chi connectivity index (χ3n) is 7.73. The number of aliphatic hydroxyl groups excluding tert-OH is 1. The first-order valence-electron chi connectivity index (χ1n) is 14.9. The van der Waals surface area contributed by atoms with Gasteiger partial charge < -0.3 is 25.3 Å². The molecule has 3 aliphatic rings. The monoisotopic (exact) mass is 722 g/mol. The van der Waals surface area contributed by atoms with Crippen LogP contribution >= 0.6 is 23.4 Å². The predicted octanol–water partition coefficient (Wildman–Crippen LogP) is 4.37. The second kappa shape index (κ2) is 21.3. The van der Waals surface area contributed by atoms with E-state index >= 15 is 0 Å². The number of hydrogen-bond acceptors (Lipinski definition) is 8. The maximum absolute atomic E-state index is 12.7. The summed E-state index contributed by atoms with van der Waals surface area (Å²) in [5, 5.41) is 20.4. The van der Waals surface area contributed by atoms with Gasteiger partial charge in [-0.2, -0.15) is 0 Å². The molecule has 44 heavy (non-hydrogen) atoms. The molecule has 12 heteroatoms. The number of thioether (sulfide) groups is 1. The minimum Gasteiger partial charge on any atom is -0.467 e. The molecule has 1 radical (unpaired) electrons. The first-order valence-corrected chi connectivity index (χ1v) is 16.3. The Labute approximate surface area is 295 Å². The van der Waals surface area contributed by atoms with Gasteiger partial charge in [-0.05, 0) is 55.4 Å². The van der Waals surface area contributed by atoms with E-state index in [1.54, 1.807) is 23.9 Å². The normalized spacial score (nSPS) is 19.7. The summed E-state index contributed by atoms with van der Waals surface area (Å²) in [5.74, 6) is -0.0294. The number of hydrogen-bond donors (Lipinski definition) is 4. The topological polar surface area (TPSA) is 128 Å². The second-order valence-corrected chi connectivity index (χ2v) is 12.6. The van der Waals surface area contributed by atoms with Crippen LogP contribution in [0, 0.1) is 5.92 Å². The molecule has 2 saturated heterocycles. The van der Waals surface area contributed by atoms with E-state index in [4.69, 9.17) is 26.7 Å². The van der Waals surface area contributed by atoms with E-state index in [2.05, 4.69) is 22.9 Å². The number of nitrogens with one attached hydrogen (secondary N) is 2. The van der Waals surface area contributed by atoms with Gasteiger partial charge in [-0.25, -0.2) is 10.3 Å². The number of methoxy groups -OCH3 is 1. The van der Waals surface area contributed by atoms with Crippen molar-refractivity contribution in [1.82, 2.24) is 15.7 Å². The van der Waals surface area contributed by atoms with E-state index in [0.717, 1.165) is 30.6 Å². The SMILES string of the molecule is COC(=O)C(CC1CCN(CCc2ccccc2)C1=O)NC(=O)C1CS1.OCc1cccc(Cl)c1.ONC1CCCCC1.[Y]. The molecule has 5 rings (SSSR count). The standard InChI is InChI=1S/C19H24N2O4S.C7H7ClO.C6H13NO.Y/c1-25-19(24)15(20-17(22)16-12-26-16)11-14-8-10-21(18(14)23)9-7-13-5-3-2-4-6-13;8-7-3-1-2-6(4-7)5-9;8-7-6-4-2-1-3-5-6;/h2-6,14-16H,7-12H2,1H3,(H,20,22);1-4,9H,5H2;6-8H,1-5H2;. The molecule has 1 aliphatic carbocycles. The van der Waals surface area contributed by atoms with Crippen molar-refractivity contribution in [3.05, 3.63) is 70.7 Å². The molecule has 3 atom stereocenters. The maximum Gasteiger partial charge on any atom is 0.328 e. The molecule has 2 amide bonds. The van der Waals surface area contributed by atoms with E-state index in [1.165, 1.54) is 31.9 Å². The van der Waals surface area contributed by atoms with Gasteiger partial charge in [0.25, 0.3) is 0 Å². The average Bonchev–Trinajstić information content (AvgIpc) is 3.85. The van der Waals surface area contributed by atoms with Crippen molar-refractivity contribution in [3.63, 3.8) is 0 Å². The van der Waals surface area contributed by atoms with Crippen molar-refractivity contribution in [2.45, 2.75) is 75.3 Å². The third-order valence-corrected chi connectivity index (χ3v) is 8.84. The summed E-state index contributed by atoms with van der Waals surface area (Å²) in [4.78, 5) is 38.5. The van der Waals surface area contributed by atoms with Crippen LogP contribution in [-0.4, -0.2) is 76.3 Å². The fourth-order valence-electron chi connectivity index (χ4n) is 5.12. The van der Waals surface area contributed by atoms with Crippen LogP contribution in [0.3, 0.4) is 0 Å². The number of nitrogens with zero attached hydrogens (tertiary/aromatic N) is 1. The summed E-state index contributed by atoms with van der Waals surface area (Å²) in [6, 6.07) is 16.9. The fraction of sp³-hybridized carbons (Fsp3) is 0.531. The summed E-state index contributed by atoms with van der Waals surface area (Å²) < 4.78 is 4.81. The Morgan fingerprint density at radius 3 is 2.30 bits per heavy atom. The molecule has 3 unspecified atom stereocenters.